The molecule has 0 atom stereocenters. The molecule has 0 bridgehead atoms. The zero-order valence-corrected chi connectivity index (χ0v) is 11.5. The van der Waals surface area contributed by atoms with Crippen molar-refractivity contribution in [2.45, 2.75) is 32.6 Å². The lowest BCUT2D eigenvalue weighted by Gasteiger charge is -2.00. The van der Waals surface area contributed by atoms with E-state index in [1.165, 1.54) is 17.1 Å². The first-order valence-corrected chi connectivity index (χ1v) is 6.54. The molecule has 8 heteroatoms. The number of hydrogen-bond donors (Lipinski definition) is 0. The van der Waals surface area contributed by atoms with Crippen molar-refractivity contribution in [2.24, 2.45) is 0 Å². The van der Waals surface area contributed by atoms with E-state index in [9.17, 15) is 4.79 Å². The normalized spacial score (nSPS) is 10.8. The maximum absolute atomic E-state index is 12.0. The lowest BCUT2D eigenvalue weighted by atomic mass is 10.2. The minimum Gasteiger partial charge on any atom is -0.243 e. The first kappa shape index (κ1) is 12.9. The second-order valence-electron chi connectivity index (χ2n) is 3.83. The Hall–Kier alpha value is -1.57. The highest BCUT2D eigenvalue weighted by molar-refractivity contribution is 9.10. The van der Waals surface area contributed by atoms with Gasteiger partial charge in [-0.3, -0.25) is 0 Å². The lowest BCUT2D eigenvalue weighted by Crippen LogP contribution is -2.21. The molecule has 96 valence electrons. The van der Waals surface area contributed by atoms with E-state index in [1.807, 2.05) is 0 Å². The number of halogens is 1. The number of aryl methyl sites for hydroxylation is 1. The SMILES string of the molecule is CCCCCc1nnn(C(=O)n2ccnn2)c1Br. The molecule has 7 nitrogen and oxygen atoms in total. The quantitative estimate of drug-likeness (QED) is 0.805. The first-order valence-electron chi connectivity index (χ1n) is 5.75. The highest BCUT2D eigenvalue weighted by Crippen LogP contribution is 2.16. The van der Waals surface area contributed by atoms with Crippen LogP contribution < -0.4 is 0 Å². The zero-order valence-electron chi connectivity index (χ0n) is 9.95. The Balaban J connectivity index is 2.13. The zero-order chi connectivity index (χ0) is 13.0. The van der Waals surface area contributed by atoms with Crippen LogP contribution in [0.5, 0.6) is 0 Å². The fourth-order valence-corrected chi connectivity index (χ4v) is 2.03. The van der Waals surface area contributed by atoms with Gasteiger partial charge in [-0.2, -0.15) is 9.36 Å². The van der Waals surface area contributed by atoms with Crippen LogP contribution in [0.15, 0.2) is 17.0 Å². The van der Waals surface area contributed by atoms with Crippen molar-refractivity contribution in [1.82, 2.24) is 30.0 Å². The number of hydrogen-bond acceptors (Lipinski definition) is 5. The molecule has 2 aromatic rings. The van der Waals surface area contributed by atoms with Gasteiger partial charge in [0.05, 0.1) is 18.1 Å². The molecule has 0 saturated carbocycles. The van der Waals surface area contributed by atoms with Crippen molar-refractivity contribution < 1.29 is 4.79 Å². The minimum absolute atomic E-state index is 0.409. The molecule has 0 spiro atoms. The molecule has 0 unspecified atom stereocenters. The number of carbonyl (C=O) groups is 1. The summed E-state index contributed by atoms with van der Waals surface area (Å²) in [5.74, 6) is 0. The van der Waals surface area contributed by atoms with Gasteiger partial charge in [0.1, 0.15) is 4.60 Å². The van der Waals surface area contributed by atoms with Gasteiger partial charge in [-0.1, -0.05) is 30.2 Å². The van der Waals surface area contributed by atoms with Gasteiger partial charge in [-0.05, 0) is 28.8 Å². The molecule has 0 aliphatic carbocycles. The van der Waals surface area contributed by atoms with Crippen molar-refractivity contribution in [3.05, 3.63) is 22.7 Å². The monoisotopic (exact) mass is 312 g/mol. The van der Waals surface area contributed by atoms with Crippen LogP contribution in [0.25, 0.3) is 0 Å². The van der Waals surface area contributed by atoms with Gasteiger partial charge in [0.2, 0.25) is 0 Å². The van der Waals surface area contributed by atoms with Crippen molar-refractivity contribution in [3.8, 4) is 0 Å². The van der Waals surface area contributed by atoms with E-state index in [2.05, 4.69) is 43.5 Å². The van der Waals surface area contributed by atoms with Gasteiger partial charge < -0.3 is 0 Å². The summed E-state index contributed by atoms with van der Waals surface area (Å²) < 4.78 is 2.87. The van der Waals surface area contributed by atoms with Gasteiger partial charge >= 0.3 is 6.03 Å². The number of rotatable bonds is 4. The third-order valence-electron chi connectivity index (χ3n) is 2.50. The summed E-state index contributed by atoms with van der Waals surface area (Å²) in [4.78, 5) is 12.0. The Morgan fingerprint density at radius 2 is 2.22 bits per heavy atom. The summed E-state index contributed by atoms with van der Waals surface area (Å²) in [6, 6.07) is -0.409. The standard InChI is InChI=1S/C10H13BrN6O/c1-2-3-4-5-8-9(11)17(15-13-8)10(18)16-7-6-12-14-16/h6-7H,2-5H2,1H3. The van der Waals surface area contributed by atoms with Crippen LogP contribution in [-0.4, -0.2) is 36.0 Å². The number of unbranched alkanes of at least 4 members (excludes halogenated alkanes) is 2. The Morgan fingerprint density at radius 1 is 1.39 bits per heavy atom. The minimum atomic E-state index is -0.409. The molecule has 0 aliphatic rings. The number of nitrogens with zero attached hydrogens (tertiary/aromatic N) is 6. The van der Waals surface area contributed by atoms with Crippen molar-refractivity contribution in [1.29, 1.82) is 0 Å². The topological polar surface area (TPSA) is 78.5 Å². The molecule has 0 amide bonds. The van der Waals surface area contributed by atoms with E-state index in [4.69, 9.17) is 0 Å². The third-order valence-corrected chi connectivity index (χ3v) is 3.29. The van der Waals surface area contributed by atoms with Crippen LogP contribution in [0.2, 0.25) is 0 Å². The maximum atomic E-state index is 12.0. The molecule has 0 fully saturated rings. The first-order chi connectivity index (χ1) is 8.74. The van der Waals surface area contributed by atoms with E-state index in [0.29, 0.717) is 4.60 Å². The molecular weight excluding hydrogens is 300 g/mol. The molecule has 0 radical (unpaired) electrons. The molecule has 0 aliphatic heterocycles. The van der Waals surface area contributed by atoms with E-state index >= 15 is 0 Å². The van der Waals surface area contributed by atoms with Crippen LogP contribution in [-0.2, 0) is 6.42 Å². The van der Waals surface area contributed by atoms with E-state index in [1.54, 1.807) is 0 Å². The molecule has 2 rings (SSSR count). The van der Waals surface area contributed by atoms with Gasteiger partial charge in [-0.25, -0.2) is 4.79 Å². The summed E-state index contributed by atoms with van der Waals surface area (Å²) in [5, 5.41) is 15.0. The average Bonchev–Trinajstić information content (AvgIpc) is 3.00. The number of aromatic nitrogens is 6. The third kappa shape index (κ3) is 2.63. The maximum Gasteiger partial charge on any atom is 0.373 e. The predicted molar refractivity (Wildman–Crippen MR) is 67.2 cm³/mol. The van der Waals surface area contributed by atoms with Crippen molar-refractivity contribution in [2.75, 3.05) is 0 Å². The average molecular weight is 313 g/mol. The van der Waals surface area contributed by atoms with Crippen LogP contribution in [0, 0.1) is 0 Å². The largest absolute Gasteiger partial charge is 0.373 e. The molecular formula is C10H13BrN6O. The fraction of sp³-hybridized carbons (Fsp3) is 0.500. The molecule has 18 heavy (non-hydrogen) atoms. The van der Waals surface area contributed by atoms with E-state index < -0.39 is 6.03 Å². The van der Waals surface area contributed by atoms with Crippen LogP contribution in [0.3, 0.4) is 0 Å². The summed E-state index contributed by atoms with van der Waals surface area (Å²) in [6.45, 7) is 2.14. The smallest absolute Gasteiger partial charge is 0.243 e. The van der Waals surface area contributed by atoms with Crippen molar-refractivity contribution >= 4 is 22.0 Å². The number of carbonyl (C=O) groups excluding carboxylic acids is 1. The summed E-state index contributed by atoms with van der Waals surface area (Å²) in [6.07, 6.45) is 7.02. The molecule has 0 saturated heterocycles. The Morgan fingerprint density at radius 3 is 2.89 bits per heavy atom. The van der Waals surface area contributed by atoms with Gasteiger partial charge in [-0.15, -0.1) is 10.2 Å². The molecule has 2 aromatic heterocycles. The Labute approximate surface area is 112 Å². The summed E-state index contributed by atoms with van der Waals surface area (Å²) in [7, 11) is 0. The second-order valence-corrected chi connectivity index (χ2v) is 4.58. The predicted octanol–water partition coefficient (Wildman–Crippen LogP) is 1.88. The Bertz CT molecular complexity index is 520. The van der Waals surface area contributed by atoms with E-state index in [-0.39, 0.29) is 0 Å². The lowest BCUT2D eigenvalue weighted by molar-refractivity contribution is 0.236. The van der Waals surface area contributed by atoms with Crippen molar-refractivity contribution in [3.63, 3.8) is 0 Å². The highest BCUT2D eigenvalue weighted by atomic mass is 79.9. The Kier molecular flexibility index (Phi) is 4.19. The summed E-state index contributed by atoms with van der Waals surface area (Å²) >= 11 is 3.35. The van der Waals surface area contributed by atoms with Gasteiger partial charge in [0, 0.05) is 0 Å². The van der Waals surface area contributed by atoms with Gasteiger partial charge in [0.15, 0.2) is 0 Å². The van der Waals surface area contributed by atoms with Gasteiger partial charge in [0.25, 0.3) is 0 Å². The molecule has 0 N–H and O–H groups in total. The highest BCUT2D eigenvalue weighted by Gasteiger charge is 2.17. The molecule has 0 aromatic carbocycles. The van der Waals surface area contributed by atoms with Crippen LogP contribution in [0.4, 0.5) is 4.79 Å². The second kappa shape index (κ2) is 5.85. The summed E-state index contributed by atoms with van der Waals surface area (Å²) in [5.41, 5.74) is 0.789. The van der Waals surface area contributed by atoms with Crippen LogP contribution >= 0.6 is 15.9 Å². The molecule has 2 heterocycles. The fourth-order valence-electron chi connectivity index (χ4n) is 1.53. The van der Waals surface area contributed by atoms with Crippen LogP contribution in [0.1, 0.15) is 31.9 Å². The van der Waals surface area contributed by atoms with E-state index in [0.717, 1.165) is 36.1 Å².